The first-order valence-corrected chi connectivity index (χ1v) is 6.89. The second-order valence-corrected chi connectivity index (χ2v) is 5.52. The summed E-state index contributed by atoms with van der Waals surface area (Å²) in [5, 5.41) is 6.35. The molecule has 0 aromatic heterocycles. The Labute approximate surface area is 127 Å². The van der Waals surface area contributed by atoms with E-state index >= 15 is 0 Å². The lowest BCUT2D eigenvalue weighted by Crippen LogP contribution is -2.38. The van der Waals surface area contributed by atoms with Crippen LogP contribution in [0.15, 0.2) is 18.2 Å². The van der Waals surface area contributed by atoms with Crippen LogP contribution in [0.3, 0.4) is 0 Å². The minimum Gasteiger partial charge on any atom is -0.384 e. The molecule has 20 heavy (non-hydrogen) atoms. The van der Waals surface area contributed by atoms with Gasteiger partial charge in [0.1, 0.15) is 0 Å². The number of nitrogens with zero attached hydrogens (tertiary/aromatic N) is 1. The van der Waals surface area contributed by atoms with Crippen molar-refractivity contribution in [3.05, 3.63) is 29.3 Å². The number of rotatable bonds is 5. The number of halogens is 1. The number of fused-ring (bicyclic) bond motifs is 1. The Morgan fingerprint density at radius 1 is 1.45 bits per heavy atom. The van der Waals surface area contributed by atoms with E-state index in [1.54, 1.807) is 0 Å². The van der Waals surface area contributed by atoms with Gasteiger partial charge >= 0.3 is 0 Å². The highest BCUT2D eigenvalue weighted by Gasteiger charge is 2.15. The smallest absolute Gasteiger partial charge is 0.234 e. The molecule has 0 spiro atoms. The lowest BCUT2D eigenvalue weighted by molar-refractivity contribution is -0.122. The Balaban J connectivity index is 0.00000200. The number of para-hydroxylation sites is 1. The van der Waals surface area contributed by atoms with Gasteiger partial charge in [-0.25, -0.2) is 0 Å². The highest BCUT2D eigenvalue weighted by Crippen LogP contribution is 2.26. The van der Waals surface area contributed by atoms with Crippen molar-refractivity contribution in [2.45, 2.75) is 32.9 Å². The van der Waals surface area contributed by atoms with E-state index in [0.717, 1.165) is 19.5 Å². The fourth-order valence-electron chi connectivity index (χ4n) is 2.50. The Hall–Kier alpha value is -1.26. The zero-order valence-corrected chi connectivity index (χ0v) is 13.2. The van der Waals surface area contributed by atoms with Crippen LogP contribution >= 0.6 is 12.4 Å². The molecule has 0 atom stereocenters. The molecular formula is C15H24ClN3O. The third kappa shape index (κ3) is 4.39. The van der Waals surface area contributed by atoms with E-state index < -0.39 is 0 Å². The van der Waals surface area contributed by atoms with Gasteiger partial charge in [0.25, 0.3) is 0 Å². The van der Waals surface area contributed by atoms with E-state index in [9.17, 15) is 4.79 Å². The average molecular weight is 298 g/mol. The van der Waals surface area contributed by atoms with Gasteiger partial charge < -0.3 is 10.6 Å². The van der Waals surface area contributed by atoms with Gasteiger partial charge in [-0.1, -0.05) is 18.2 Å². The maximum absolute atomic E-state index is 11.7. The minimum absolute atomic E-state index is 0. The van der Waals surface area contributed by atoms with Crippen molar-refractivity contribution in [2.75, 3.05) is 25.5 Å². The first-order chi connectivity index (χ1) is 9.06. The molecule has 0 saturated heterocycles. The van der Waals surface area contributed by atoms with Crippen LogP contribution in [-0.2, 0) is 17.8 Å². The van der Waals surface area contributed by atoms with Crippen molar-refractivity contribution in [3.8, 4) is 0 Å². The molecule has 4 nitrogen and oxygen atoms in total. The summed E-state index contributed by atoms with van der Waals surface area (Å²) >= 11 is 0. The minimum atomic E-state index is 0. The average Bonchev–Trinajstić information content (AvgIpc) is 2.76. The largest absolute Gasteiger partial charge is 0.384 e. The molecule has 1 aromatic rings. The molecular weight excluding hydrogens is 274 g/mol. The quantitative estimate of drug-likeness (QED) is 0.874. The van der Waals surface area contributed by atoms with Crippen LogP contribution in [0.1, 0.15) is 25.0 Å². The summed E-state index contributed by atoms with van der Waals surface area (Å²) in [5.41, 5.74) is 3.92. The van der Waals surface area contributed by atoms with Crippen LogP contribution < -0.4 is 10.6 Å². The number of benzene rings is 1. The van der Waals surface area contributed by atoms with Crippen molar-refractivity contribution in [3.63, 3.8) is 0 Å². The summed E-state index contributed by atoms with van der Waals surface area (Å²) in [5.74, 6) is 0.0815. The van der Waals surface area contributed by atoms with Crippen molar-refractivity contribution in [2.24, 2.45) is 0 Å². The predicted molar refractivity (Wildman–Crippen MR) is 85.5 cm³/mol. The number of anilines is 1. The molecule has 0 fully saturated rings. The van der Waals surface area contributed by atoms with Crippen LogP contribution in [0.5, 0.6) is 0 Å². The van der Waals surface area contributed by atoms with E-state index in [2.05, 4.69) is 28.8 Å². The highest BCUT2D eigenvalue weighted by molar-refractivity contribution is 5.85. The van der Waals surface area contributed by atoms with Crippen LogP contribution in [0.4, 0.5) is 5.69 Å². The van der Waals surface area contributed by atoms with E-state index in [4.69, 9.17) is 0 Å². The van der Waals surface area contributed by atoms with Crippen molar-refractivity contribution < 1.29 is 4.79 Å². The molecule has 1 amide bonds. The van der Waals surface area contributed by atoms with Gasteiger partial charge in [-0.3, -0.25) is 9.69 Å². The topological polar surface area (TPSA) is 44.4 Å². The molecule has 1 heterocycles. The summed E-state index contributed by atoms with van der Waals surface area (Å²) in [6.07, 6.45) is 1.10. The van der Waals surface area contributed by atoms with E-state index in [1.807, 2.05) is 25.8 Å². The summed E-state index contributed by atoms with van der Waals surface area (Å²) in [4.78, 5) is 13.8. The zero-order chi connectivity index (χ0) is 13.8. The van der Waals surface area contributed by atoms with Crippen LogP contribution in [0, 0.1) is 0 Å². The first-order valence-electron chi connectivity index (χ1n) is 6.89. The highest BCUT2D eigenvalue weighted by atomic mass is 35.5. The predicted octanol–water partition coefficient (Wildman–Crippen LogP) is 2.03. The molecule has 0 saturated carbocycles. The summed E-state index contributed by atoms with van der Waals surface area (Å²) in [6.45, 7) is 6.20. The maximum Gasteiger partial charge on any atom is 0.234 e. The molecule has 1 aliphatic heterocycles. The SMILES string of the molecule is CC(C)NC(=O)CN(C)Cc1cccc2c1NCC2.Cl. The molecule has 1 aliphatic rings. The molecule has 0 radical (unpaired) electrons. The van der Waals surface area contributed by atoms with Gasteiger partial charge in [-0.15, -0.1) is 12.4 Å². The number of likely N-dealkylation sites (N-methyl/N-ethyl adjacent to an activating group) is 1. The Kier molecular flexibility index (Phi) is 6.30. The van der Waals surface area contributed by atoms with Crippen molar-refractivity contribution in [1.29, 1.82) is 0 Å². The summed E-state index contributed by atoms with van der Waals surface area (Å²) in [7, 11) is 1.98. The standard InChI is InChI=1S/C15H23N3O.ClH/c1-11(2)17-14(19)10-18(3)9-13-6-4-5-12-7-8-16-15(12)13;/h4-6,11,16H,7-10H2,1-3H3,(H,17,19);1H. The van der Waals surface area contributed by atoms with Crippen LogP contribution in [0.25, 0.3) is 0 Å². The van der Waals surface area contributed by atoms with Gasteiger partial charge in [-0.2, -0.15) is 0 Å². The monoisotopic (exact) mass is 297 g/mol. The second kappa shape index (κ2) is 7.50. The number of amides is 1. The lowest BCUT2D eigenvalue weighted by Gasteiger charge is -2.19. The molecule has 112 valence electrons. The lowest BCUT2D eigenvalue weighted by atomic mass is 10.1. The molecule has 0 aliphatic carbocycles. The number of hydrogen-bond donors (Lipinski definition) is 2. The van der Waals surface area contributed by atoms with Crippen molar-refractivity contribution in [1.82, 2.24) is 10.2 Å². The number of hydrogen-bond acceptors (Lipinski definition) is 3. The third-order valence-electron chi connectivity index (χ3n) is 3.24. The zero-order valence-electron chi connectivity index (χ0n) is 12.4. The van der Waals surface area contributed by atoms with Gasteiger partial charge in [0.15, 0.2) is 0 Å². The van der Waals surface area contributed by atoms with Gasteiger partial charge in [0, 0.05) is 24.8 Å². The molecule has 1 aromatic carbocycles. The normalized spacial score (nSPS) is 12.8. The fraction of sp³-hybridized carbons (Fsp3) is 0.533. The van der Waals surface area contributed by atoms with Gasteiger partial charge in [0.05, 0.1) is 6.54 Å². The fourth-order valence-corrected chi connectivity index (χ4v) is 2.50. The molecule has 5 heteroatoms. The van der Waals surface area contributed by atoms with Crippen molar-refractivity contribution >= 4 is 24.0 Å². The molecule has 0 unspecified atom stereocenters. The number of carbonyl (C=O) groups excluding carboxylic acids is 1. The molecule has 0 bridgehead atoms. The van der Waals surface area contributed by atoms with E-state index in [-0.39, 0.29) is 24.4 Å². The Bertz CT molecular complexity index is 462. The number of nitrogens with one attached hydrogen (secondary N) is 2. The van der Waals surface area contributed by atoms with Crippen LogP contribution in [0.2, 0.25) is 0 Å². The van der Waals surface area contributed by atoms with Crippen LogP contribution in [-0.4, -0.2) is 37.0 Å². The molecule has 2 N–H and O–H groups in total. The third-order valence-corrected chi connectivity index (χ3v) is 3.24. The number of carbonyl (C=O) groups is 1. The Morgan fingerprint density at radius 3 is 2.90 bits per heavy atom. The van der Waals surface area contributed by atoms with Gasteiger partial charge in [-0.05, 0) is 38.4 Å². The summed E-state index contributed by atoms with van der Waals surface area (Å²) < 4.78 is 0. The maximum atomic E-state index is 11.7. The Morgan fingerprint density at radius 2 is 2.20 bits per heavy atom. The van der Waals surface area contributed by atoms with Gasteiger partial charge in [0.2, 0.25) is 5.91 Å². The molecule has 2 rings (SSSR count). The summed E-state index contributed by atoms with van der Waals surface area (Å²) in [6, 6.07) is 6.60. The van der Waals surface area contributed by atoms with E-state index in [1.165, 1.54) is 16.8 Å². The first kappa shape index (κ1) is 16.8. The van der Waals surface area contributed by atoms with E-state index in [0.29, 0.717) is 6.54 Å². The second-order valence-electron chi connectivity index (χ2n) is 5.52.